The van der Waals surface area contributed by atoms with Gasteiger partial charge in [-0.1, -0.05) is 19.1 Å². The normalized spacial score (nSPS) is 15.6. The number of nitrogens with one attached hydrogen (secondary N) is 2. The molecule has 3 unspecified atom stereocenters. The maximum absolute atomic E-state index is 12.5. The molecule has 0 aliphatic carbocycles. The molecule has 1 rings (SSSR count). The lowest BCUT2D eigenvalue weighted by molar-refractivity contribution is -0.137. The lowest BCUT2D eigenvalue weighted by atomic mass is 10.0. The molecule has 0 fully saturated rings. The average Bonchev–Trinajstić information content (AvgIpc) is 2.43. The summed E-state index contributed by atoms with van der Waals surface area (Å²) in [7, 11) is 0. The number of hydrogen-bond donors (Lipinski definition) is 3. The highest BCUT2D eigenvalue weighted by Gasteiger charge is 2.30. The second kappa shape index (κ2) is 8.19. The SMILES string of the molecule is CC(O)CC(C)CNC(=O)NC(C)c1ccc(C(F)(F)F)cc1. The van der Waals surface area contributed by atoms with E-state index in [9.17, 15) is 23.1 Å². The molecule has 0 bridgehead atoms. The number of aliphatic hydroxyl groups excluding tert-OH is 1. The summed E-state index contributed by atoms with van der Waals surface area (Å²) in [6.45, 7) is 5.70. The first kappa shape index (κ1) is 19.3. The second-order valence-corrected chi connectivity index (χ2v) is 5.89. The molecule has 0 aliphatic heterocycles. The summed E-state index contributed by atoms with van der Waals surface area (Å²) in [5.41, 5.74) is -0.130. The van der Waals surface area contributed by atoms with E-state index >= 15 is 0 Å². The molecule has 23 heavy (non-hydrogen) atoms. The van der Waals surface area contributed by atoms with E-state index in [0.29, 0.717) is 18.5 Å². The van der Waals surface area contributed by atoms with Gasteiger partial charge in [-0.15, -0.1) is 0 Å². The average molecular weight is 332 g/mol. The van der Waals surface area contributed by atoms with Crippen molar-refractivity contribution in [2.75, 3.05) is 6.54 Å². The van der Waals surface area contributed by atoms with Gasteiger partial charge in [0.25, 0.3) is 0 Å². The number of carbonyl (C=O) groups is 1. The Hall–Kier alpha value is -1.76. The van der Waals surface area contributed by atoms with Gasteiger partial charge in [-0.25, -0.2) is 4.79 Å². The van der Waals surface area contributed by atoms with Crippen molar-refractivity contribution in [3.05, 3.63) is 35.4 Å². The topological polar surface area (TPSA) is 61.4 Å². The van der Waals surface area contributed by atoms with Crippen LogP contribution in [0.1, 0.15) is 44.4 Å². The maximum Gasteiger partial charge on any atom is 0.416 e. The van der Waals surface area contributed by atoms with E-state index in [1.54, 1.807) is 13.8 Å². The summed E-state index contributed by atoms with van der Waals surface area (Å²) >= 11 is 0. The molecule has 0 aliphatic rings. The number of alkyl halides is 3. The van der Waals surface area contributed by atoms with E-state index in [2.05, 4.69) is 10.6 Å². The Kier molecular flexibility index (Phi) is 6.87. The van der Waals surface area contributed by atoms with Crippen LogP contribution in [0.5, 0.6) is 0 Å². The van der Waals surface area contributed by atoms with Crippen molar-refractivity contribution in [1.82, 2.24) is 10.6 Å². The third-order valence-electron chi connectivity index (χ3n) is 3.44. The van der Waals surface area contributed by atoms with E-state index in [-0.39, 0.29) is 5.92 Å². The summed E-state index contributed by atoms with van der Waals surface area (Å²) in [6, 6.07) is 3.89. The Balaban J connectivity index is 2.49. The molecule has 0 radical (unpaired) electrons. The second-order valence-electron chi connectivity index (χ2n) is 5.89. The van der Waals surface area contributed by atoms with Crippen molar-refractivity contribution in [1.29, 1.82) is 0 Å². The first-order valence-corrected chi connectivity index (χ1v) is 7.49. The van der Waals surface area contributed by atoms with Crippen LogP contribution in [0.15, 0.2) is 24.3 Å². The molecular weight excluding hydrogens is 309 g/mol. The first-order chi connectivity index (χ1) is 10.6. The first-order valence-electron chi connectivity index (χ1n) is 7.49. The van der Waals surface area contributed by atoms with E-state index in [0.717, 1.165) is 12.1 Å². The zero-order valence-electron chi connectivity index (χ0n) is 13.4. The molecule has 1 aromatic rings. The fraction of sp³-hybridized carbons (Fsp3) is 0.562. The summed E-state index contributed by atoms with van der Waals surface area (Å²) in [4.78, 5) is 11.8. The molecular formula is C16H23F3N2O2. The molecule has 0 saturated carbocycles. The number of benzene rings is 1. The number of amides is 2. The van der Waals surface area contributed by atoms with Crippen LogP contribution in [0.2, 0.25) is 0 Å². The zero-order valence-corrected chi connectivity index (χ0v) is 13.4. The largest absolute Gasteiger partial charge is 0.416 e. The number of carbonyl (C=O) groups excluding carboxylic acids is 1. The van der Waals surface area contributed by atoms with Crippen LogP contribution in [-0.4, -0.2) is 23.8 Å². The number of halogens is 3. The lowest BCUT2D eigenvalue weighted by Crippen LogP contribution is -2.39. The molecule has 0 spiro atoms. The van der Waals surface area contributed by atoms with E-state index in [4.69, 9.17) is 0 Å². The lowest BCUT2D eigenvalue weighted by Gasteiger charge is -2.18. The van der Waals surface area contributed by atoms with Gasteiger partial charge >= 0.3 is 12.2 Å². The Labute approximate surface area is 134 Å². The van der Waals surface area contributed by atoms with Crippen molar-refractivity contribution in [2.24, 2.45) is 5.92 Å². The molecule has 1 aromatic carbocycles. The molecule has 3 atom stereocenters. The van der Waals surface area contributed by atoms with Crippen molar-refractivity contribution in [3.63, 3.8) is 0 Å². The highest BCUT2D eigenvalue weighted by atomic mass is 19.4. The third-order valence-corrected chi connectivity index (χ3v) is 3.44. The summed E-state index contributed by atoms with van der Waals surface area (Å²) in [5.74, 6) is 0.127. The quantitative estimate of drug-likeness (QED) is 0.747. The van der Waals surface area contributed by atoms with Gasteiger partial charge < -0.3 is 15.7 Å². The number of aliphatic hydroxyl groups is 1. The molecule has 4 nitrogen and oxygen atoms in total. The van der Waals surface area contributed by atoms with Gasteiger partial charge in [0.2, 0.25) is 0 Å². The van der Waals surface area contributed by atoms with Crippen LogP contribution in [0, 0.1) is 5.92 Å². The van der Waals surface area contributed by atoms with Gasteiger partial charge in [-0.2, -0.15) is 13.2 Å². The fourth-order valence-corrected chi connectivity index (χ4v) is 2.22. The van der Waals surface area contributed by atoms with Crippen molar-refractivity contribution in [3.8, 4) is 0 Å². The van der Waals surface area contributed by atoms with E-state index in [1.807, 2.05) is 6.92 Å². The smallest absolute Gasteiger partial charge is 0.393 e. The fourth-order valence-electron chi connectivity index (χ4n) is 2.22. The van der Waals surface area contributed by atoms with E-state index < -0.39 is 29.9 Å². The summed E-state index contributed by atoms with van der Waals surface area (Å²) in [6.07, 6.45) is -4.22. The number of urea groups is 1. The standard InChI is InChI=1S/C16H23F3N2O2/c1-10(8-11(2)22)9-20-15(23)21-12(3)13-4-6-14(7-5-13)16(17,18)19/h4-7,10-12,22H,8-9H2,1-3H3,(H2,20,21,23). The van der Waals surface area contributed by atoms with Crippen LogP contribution in [0.3, 0.4) is 0 Å². The highest BCUT2D eigenvalue weighted by molar-refractivity contribution is 5.74. The molecule has 0 aromatic heterocycles. The molecule has 7 heteroatoms. The molecule has 2 amide bonds. The van der Waals surface area contributed by atoms with Crippen LogP contribution in [0.25, 0.3) is 0 Å². The van der Waals surface area contributed by atoms with Crippen molar-refractivity contribution < 1.29 is 23.1 Å². The zero-order chi connectivity index (χ0) is 17.6. The van der Waals surface area contributed by atoms with Crippen molar-refractivity contribution >= 4 is 6.03 Å². The van der Waals surface area contributed by atoms with Gasteiger partial charge in [0.1, 0.15) is 0 Å². The van der Waals surface area contributed by atoms with Gasteiger partial charge in [0, 0.05) is 6.54 Å². The van der Waals surface area contributed by atoms with Crippen LogP contribution < -0.4 is 10.6 Å². The predicted molar refractivity (Wildman–Crippen MR) is 81.9 cm³/mol. The Morgan fingerprint density at radius 2 is 1.74 bits per heavy atom. The third kappa shape index (κ3) is 6.90. The van der Waals surface area contributed by atoms with Gasteiger partial charge in [-0.05, 0) is 43.9 Å². The Morgan fingerprint density at radius 1 is 1.17 bits per heavy atom. The van der Waals surface area contributed by atoms with E-state index in [1.165, 1.54) is 12.1 Å². The molecule has 3 N–H and O–H groups in total. The minimum Gasteiger partial charge on any atom is -0.393 e. The van der Waals surface area contributed by atoms with Crippen LogP contribution in [0.4, 0.5) is 18.0 Å². The monoisotopic (exact) mass is 332 g/mol. The molecule has 130 valence electrons. The van der Waals surface area contributed by atoms with Gasteiger partial charge in [-0.3, -0.25) is 0 Å². The Morgan fingerprint density at radius 3 is 2.22 bits per heavy atom. The number of rotatable bonds is 6. The molecule has 0 saturated heterocycles. The number of hydrogen-bond acceptors (Lipinski definition) is 2. The van der Waals surface area contributed by atoms with Gasteiger partial charge in [0.05, 0.1) is 17.7 Å². The maximum atomic E-state index is 12.5. The highest BCUT2D eigenvalue weighted by Crippen LogP contribution is 2.29. The minimum atomic E-state index is -4.37. The van der Waals surface area contributed by atoms with Crippen LogP contribution in [-0.2, 0) is 6.18 Å². The van der Waals surface area contributed by atoms with Crippen molar-refractivity contribution in [2.45, 2.75) is 45.5 Å². The minimum absolute atomic E-state index is 0.127. The predicted octanol–water partition coefficient (Wildman–Crippen LogP) is 3.47. The Bertz CT molecular complexity index is 501. The summed E-state index contributed by atoms with van der Waals surface area (Å²) in [5, 5.41) is 14.6. The summed E-state index contributed by atoms with van der Waals surface area (Å²) < 4.78 is 37.5. The molecule has 0 heterocycles. The van der Waals surface area contributed by atoms with Gasteiger partial charge in [0.15, 0.2) is 0 Å². The van der Waals surface area contributed by atoms with Crippen LogP contribution >= 0.6 is 0 Å².